The topological polar surface area (TPSA) is 110 Å². The normalized spacial score (nSPS) is 14.8. The smallest absolute Gasteiger partial charge is 0.322 e. The molecule has 1 aliphatic rings. The van der Waals surface area contributed by atoms with Crippen LogP contribution in [-0.2, 0) is 27.4 Å². The number of hydrogen-bond donors (Lipinski definition) is 3. The highest BCUT2D eigenvalue weighted by molar-refractivity contribution is 5.91. The second kappa shape index (κ2) is 7.48. The fourth-order valence-electron chi connectivity index (χ4n) is 2.42. The molecule has 1 heterocycles. The fourth-order valence-corrected chi connectivity index (χ4v) is 2.42. The Labute approximate surface area is 145 Å². The van der Waals surface area contributed by atoms with Gasteiger partial charge in [-0.3, -0.25) is 14.7 Å². The number of benzene rings is 1. The lowest BCUT2D eigenvalue weighted by Gasteiger charge is -2.08. The summed E-state index contributed by atoms with van der Waals surface area (Å²) >= 11 is 0. The zero-order valence-electron chi connectivity index (χ0n) is 14.1. The van der Waals surface area contributed by atoms with Crippen LogP contribution < -0.4 is 11.1 Å². The Morgan fingerprint density at radius 2 is 2.00 bits per heavy atom. The van der Waals surface area contributed by atoms with Gasteiger partial charge in [-0.1, -0.05) is 24.3 Å². The molecule has 1 saturated carbocycles. The van der Waals surface area contributed by atoms with Crippen LogP contribution in [0.5, 0.6) is 0 Å². The maximum absolute atomic E-state index is 12.1. The number of hydrogen-bond acceptors (Lipinski definition) is 5. The molecular formula is C18H22N4O3. The minimum absolute atomic E-state index is 0.120. The van der Waals surface area contributed by atoms with Gasteiger partial charge in [0.25, 0.3) is 0 Å². The van der Waals surface area contributed by atoms with Crippen molar-refractivity contribution < 1.29 is 14.3 Å². The third-order valence-corrected chi connectivity index (χ3v) is 4.02. The van der Waals surface area contributed by atoms with E-state index in [2.05, 4.69) is 15.5 Å². The number of carbonyl (C=O) groups is 2. The van der Waals surface area contributed by atoms with Gasteiger partial charge in [-0.2, -0.15) is 5.10 Å². The van der Waals surface area contributed by atoms with Gasteiger partial charge in [0, 0.05) is 17.7 Å². The number of H-pyrrole nitrogens is 1. The number of aromatic nitrogens is 2. The maximum atomic E-state index is 12.1. The van der Waals surface area contributed by atoms with Crippen LogP contribution in [0.3, 0.4) is 0 Å². The van der Waals surface area contributed by atoms with Gasteiger partial charge in [0.15, 0.2) is 5.82 Å². The molecule has 1 aliphatic carbocycles. The van der Waals surface area contributed by atoms with Crippen LogP contribution in [0.25, 0.3) is 0 Å². The van der Waals surface area contributed by atoms with Crippen LogP contribution in [0.1, 0.15) is 42.5 Å². The highest BCUT2D eigenvalue weighted by Crippen LogP contribution is 2.39. The third kappa shape index (κ3) is 4.90. The van der Waals surface area contributed by atoms with E-state index < -0.39 is 12.0 Å². The third-order valence-electron chi connectivity index (χ3n) is 4.02. The number of nitrogens with two attached hydrogens (primary N) is 1. The minimum Gasteiger partial charge on any atom is -0.460 e. The summed E-state index contributed by atoms with van der Waals surface area (Å²) in [5, 5.41) is 9.87. The van der Waals surface area contributed by atoms with Gasteiger partial charge in [-0.05, 0) is 30.9 Å². The lowest BCUT2D eigenvalue weighted by Crippen LogP contribution is -2.28. The predicted octanol–water partition coefficient (Wildman–Crippen LogP) is 1.86. The molecule has 1 fully saturated rings. The lowest BCUT2D eigenvalue weighted by atomic mass is 10.1. The minimum atomic E-state index is -0.634. The van der Waals surface area contributed by atoms with Crippen LogP contribution >= 0.6 is 0 Å². The molecule has 0 bridgehead atoms. The van der Waals surface area contributed by atoms with Crippen molar-refractivity contribution >= 4 is 17.7 Å². The second-order valence-corrected chi connectivity index (χ2v) is 6.42. The first-order valence-corrected chi connectivity index (χ1v) is 8.36. The summed E-state index contributed by atoms with van der Waals surface area (Å²) in [6.45, 7) is 1.75. The number of anilines is 1. The molecule has 132 valence electrons. The zero-order valence-corrected chi connectivity index (χ0v) is 14.1. The molecule has 1 aromatic carbocycles. The summed E-state index contributed by atoms with van der Waals surface area (Å²) in [7, 11) is 0. The number of rotatable bonds is 7. The van der Waals surface area contributed by atoms with Crippen molar-refractivity contribution in [3.63, 3.8) is 0 Å². The Kier molecular flexibility index (Phi) is 5.14. The van der Waals surface area contributed by atoms with Gasteiger partial charge in [-0.25, -0.2) is 0 Å². The molecule has 1 aromatic heterocycles. The van der Waals surface area contributed by atoms with Crippen molar-refractivity contribution in [1.82, 2.24) is 10.2 Å². The maximum Gasteiger partial charge on any atom is 0.322 e. The Morgan fingerprint density at radius 1 is 1.32 bits per heavy atom. The Morgan fingerprint density at radius 3 is 2.64 bits per heavy atom. The quantitative estimate of drug-likeness (QED) is 0.665. The van der Waals surface area contributed by atoms with E-state index in [9.17, 15) is 9.59 Å². The van der Waals surface area contributed by atoms with Gasteiger partial charge in [0.1, 0.15) is 12.6 Å². The number of carbonyl (C=O) groups excluding carboxylic acids is 2. The largest absolute Gasteiger partial charge is 0.460 e. The molecule has 0 unspecified atom stereocenters. The van der Waals surface area contributed by atoms with E-state index in [4.69, 9.17) is 10.5 Å². The average Bonchev–Trinajstić information content (AvgIpc) is 3.34. The van der Waals surface area contributed by atoms with E-state index in [0.29, 0.717) is 11.7 Å². The summed E-state index contributed by atoms with van der Waals surface area (Å²) in [5.41, 5.74) is 8.24. The molecule has 0 aliphatic heterocycles. The van der Waals surface area contributed by atoms with E-state index in [0.717, 1.165) is 16.8 Å². The highest BCUT2D eigenvalue weighted by atomic mass is 16.5. The molecule has 1 atom stereocenters. The molecular weight excluding hydrogens is 320 g/mol. The zero-order chi connectivity index (χ0) is 17.8. The Bertz CT molecular complexity index is 748. The number of amides is 1. The lowest BCUT2D eigenvalue weighted by molar-refractivity contribution is -0.146. The van der Waals surface area contributed by atoms with Crippen molar-refractivity contribution in [2.45, 2.75) is 44.8 Å². The van der Waals surface area contributed by atoms with E-state index in [1.165, 1.54) is 12.8 Å². The van der Waals surface area contributed by atoms with E-state index in [1.807, 2.05) is 30.3 Å². The Hall–Kier alpha value is -2.67. The van der Waals surface area contributed by atoms with Gasteiger partial charge in [0.05, 0.1) is 6.42 Å². The summed E-state index contributed by atoms with van der Waals surface area (Å²) in [6, 6.07) is 8.60. The first-order valence-electron chi connectivity index (χ1n) is 8.36. The number of esters is 1. The Balaban J connectivity index is 1.48. The summed E-state index contributed by atoms with van der Waals surface area (Å²) in [5.74, 6) is 0.575. The van der Waals surface area contributed by atoms with Crippen LogP contribution in [0.15, 0.2) is 30.3 Å². The SMILES string of the molecule is C[C@H](N)C(=O)OCc1ccc(CC(=O)Nc2cc(C3CC3)[nH]n2)cc1. The average molecular weight is 342 g/mol. The van der Waals surface area contributed by atoms with E-state index in [1.54, 1.807) is 6.92 Å². The molecule has 1 amide bonds. The van der Waals surface area contributed by atoms with Crippen molar-refractivity contribution in [2.24, 2.45) is 5.73 Å². The second-order valence-electron chi connectivity index (χ2n) is 6.42. The van der Waals surface area contributed by atoms with E-state index in [-0.39, 0.29) is 18.9 Å². The number of ether oxygens (including phenoxy) is 1. The molecule has 0 radical (unpaired) electrons. The van der Waals surface area contributed by atoms with Crippen LogP contribution in [0, 0.1) is 0 Å². The summed E-state index contributed by atoms with van der Waals surface area (Å²) in [4.78, 5) is 23.4. The van der Waals surface area contributed by atoms with Crippen molar-refractivity contribution in [2.75, 3.05) is 5.32 Å². The standard InChI is InChI=1S/C18H22N4O3/c1-11(19)18(24)25-10-13-4-2-12(3-5-13)8-17(23)20-16-9-15(21-22-16)14-6-7-14/h2-5,9,11,14H,6-8,10,19H2,1H3,(H2,20,21,22,23)/t11-/m0/s1. The first kappa shape index (κ1) is 17.2. The molecule has 7 heteroatoms. The highest BCUT2D eigenvalue weighted by Gasteiger charge is 2.25. The summed E-state index contributed by atoms with van der Waals surface area (Å²) in [6.07, 6.45) is 2.62. The molecule has 4 N–H and O–H groups in total. The van der Waals surface area contributed by atoms with Crippen LogP contribution in [0.4, 0.5) is 5.82 Å². The molecule has 25 heavy (non-hydrogen) atoms. The predicted molar refractivity (Wildman–Crippen MR) is 92.8 cm³/mol. The van der Waals surface area contributed by atoms with Crippen LogP contribution in [0.2, 0.25) is 0 Å². The van der Waals surface area contributed by atoms with E-state index >= 15 is 0 Å². The number of aromatic amines is 1. The molecule has 3 rings (SSSR count). The monoisotopic (exact) mass is 342 g/mol. The van der Waals surface area contributed by atoms with Gasteiger partial charge < -0.3 is 15.8 Å². The molecule has 7 nitrogen and oxygen atoms in total. The van der Waals surface area contributed by atoms with Crippen molar-refractivity contribution in [3.05, 3.63) is 47.2 Å². The van der Waals surface area contributed by atoms with Gasteiger partial charge >= 0.3 is 5.97 Å². The molecule has 0 spiro atoms. The molecule has 0 saturated heterocycles. The number of nitrogens with zero attached hydrogens (tertiary/aromatic N) is 1. The first-order chi connectivity index (χ1) is 12.0. The van der Waals surface area contributed by atoms with Gasteiger partial charge in [-0.15, -0.1) is 0 Å². The van der Waals surface area contributed by atoms with Crippen LogP contribution in [-0.4, -0.2) is 28.1 Å². The summed E-state index contributed by atoms with van der Waals surface area (Å²) < 4.78 is 5.06. The molecule has 2 aromatic rings. The van der Waals surface area contributed by atoms with Crippen molar-refractivity contribution in [3.8, 4) is 0 Å². The van der Waals surface area contributed by atoms with Crippen molar-refractivity contribution in [1.29, 1.82) is 0 Å². The number of nitrogens with one attached hydrogen (secondary N) is 2. The van der Waals surface area contributed by atoms with Gasteiger partial charge in [0.2, 0.25) is 5.91 Å². The fraction of sp³-hybridized carbons (Fsp3) is 0.389.